The lowest BCUT2D eigenvalue weighted by atomic mass is 9.57. The molecule has 2 unspecified atom stereocenters. The number of carbonyl (C=O) groups is 1. The Morgan fingerprint density at radius 3 is 1.79 bits per heavy atom. The molecule has 2 N–H and O–H groups in total. The van der Waals surface area contributed by atoms with Crippen LogP contribution < -0.4 is 0 Å². The topological polar surface area (TPSA) is 66.8 Å². The number of rotatable bonds is 2. The van der Waals surface area contributed by atoms with Crippen molar-refractivity contribution in [2.24, 2.45) is 23.7 Å². The number of ether oxygens (including phenoxy) is 1. The minimum Gasteiger partial charge on any atom is -0.458 e. The second-order valence-corrected chi connectivity index (χ2v) is 8.78. The van der Waals surface area contributed by atoms with E-state index < -0.39 is 0 Å². The Balaban J connectivity index is 1.65. The largest absolute Gasteiger partial charge is 0.458 e. The van der Waals surface area contributed by atoms with Crippen LogP contribution in [0.5, 0.6) is 0 Å². The van der Waals surface area contributed by atoms with Crippen molar-refractivity contribution in [3.05, 3.63) is 0 Å². The normalized spacial score (nSPS) is 49.5. The van der Waals surface area contributed by atoms with Crippen molar-refractivity contribution in [3.63, 3.8) is 0 Å². The molecule has 4 fully saturated rings. The number of aliphatic hydroxyl groups is 2. The predicted molar refractivity (Wildman–Crippen MR) is 90.2 cm³/mol. The third-order valence-electron chi connectivity index (χ3n) is 7.60. The number of hydrogen-bond acceptors (Lipinski definition) is 4. The van der Waals surface area contributed by atoms with Gasteiger partial charge in [-0.15, -0.1) is 0 Å². The molecule has 4 nitrogen and oxygen atoms in total. The molecule has 136 valence electrons. The molecule has 24 heavy (non-hydrogen) atoms. The van der Waals surface area contributed by atoms with Crippen LogP contribution in [0.3, 0.4) is 0 Å². The highest BCUT2D eigenvalue weighted by Crippen LogP contribution is 2.58. The molecule has 1 saturated heterocycles. The maximum absolute atomic E-state index is 12.7. The molecule has 0 aromatic carbocycles. The summed E-state index contributed by atoms with van der Waals surface area (Å²) in [5.41, 5.74) is -0.303. The van der Waals surface area contributed by atoms with Crippen molar-refractivity contribution in [3.8, 4) is 0 Å². The van der Waals surface area contributed by atoms with Crippen LogP contribution >= 0.6 is 0 Å². The first-order valence-corrected chi connectivity index (χ1v) is 10.2. The van der Waals surface area contributed by atoms with Crippen LogP contribution in [-0.2, 0) is 9.53 Å². The summed E-state index contributed by atoms with van der Waals surface area (Å²) in [6.07, 6.45) is 11.4. The van der Waals surface area contributed by atoms with Gasteiger partial charge in [0.25, 0.3) is 0 Å². The molecule has 0 radical (unpaired) electrons. The fourth-order valence-corrected chi connectivity index (χ4v) is 6.44. The summed E-state index contributed by atoms with van der Waals surface area (Å²) in [5, 5.41) is 19.9. The third-order valence-corrected chi connectivity index (χ3v) is 7.60. The highest BCUT2D eigenvalue weighted by molar-refractivity contribution is 5.76. The van der Waals surface area contributed by atoms with E-state index in [0.717, 1.165) is 70.6 Å². The van der Waals surface area contributed by atoms with Crippen molar-refractivity contribution in [1.82, 2.24) is 0 Å². The Kier molecular flexibility index (Phi) is 4.63. The van der Waals surface area contributed by atoms with Gasteiger partial charge in [0.2, 0.25) is 0 Å². The van der Waals surface area contributed by atoms with Crippen molar-refractivity contribution < 1.29 is 19.7 Å². The molecule has 2 atom stereocenters. The Morgan fingerprint density at radius 1 is 0.750 bits per heavy atom. The van der Waals surface area contributed by atoms with E-state index in [1.807, 2.05) is 0 Å². The first kappa shape index (κ1) is 16.8. The smallest absolute Gasteiger partial charge is 0.309 e. The van der Waals surface area contributed by atoms with Crippen LogP contribution in [0, 0.1) is 23.7 Å². The van der Waals surface area contributed by atoms with Gasteiger partial charge in [-0.3, -0.25) is 4.79 Å². The molecular weight excluding hydrogens is 304 g/mol. The van der Waals surface area contributed by atoms with Crippen LogP contribution in [0.2, 0.25) is 0 Å². The standard InChI is InChI=1S/C20H32O4/c21-15-9-5-13(6-10-15)20(14-7-11-16(22)12-8-14)18-4-2-1-3-17(18)19(23)24-20/h13-18,21-22H,1-12H2. The van der Waals surface area contributed by atoms with Gasteiger partial charge in [-0.05, 0) is 76.0 Å². The fourth-order valence-electron chi connectivity index (χ4n) is 6.44. The zero-order valence-electron chi connectivity index (χ0n) is 14.7. The maximum atomic E-state index is 12.7. The van der Waals surface area contributed by atoms with E-state index >= 15 is 0 Å². The molecule has 3 aliphatic carbocycles. The Labute approximate surface area is 145 Å². The zero-order chi connectivity index (χ0) is 16.7. The molecule has 0 bridgehead atoms. The first-order valence-electron chi connectivity index (χ1n) is 10.2. The molecule has 1 aliphatic heterocycles. The molecule has 4 rings (SSSR count). The van der Waals surface area contributed by atoms with Crippen LogP contribution in [-0.4, -0.2) is 34.0 Å². The summed E-state index contributed by atoms with van der Waals surface area (Å²) in [6.45, 7) is 0. The predicted octanol–water partition coefficient (Wildman–Crippen LogP) is 3.19. The van der Waals surface area contributed by atoms with E-state index in [-0.39, 0.29) is 29.7 Å². The van der Waals surface area contributed by atoms with Crippen LogP contribution in [0.1, 0.15) is 77.0 Å². The van der Waals surface area contributed by atoms with Gasteiger partial charge in [0.1, 0.15) is 5.60 Å². The highest BCUT2D eigenvalue weighted by atomic mass is 16.6. The summed E-state index contributed by atoms with van der Waals surface area (Å²) in [7, 11) is 0. The summed E-state index contributed by atoms with van der Waals surface area (Å²) >= 11 is 0. The number of fused-ring (bicyclic) bond motifs is 1. The quantitative estimate of drug-likeness (QED) is 0.760. The summed E-state index contributed by atoms with van der Waals surface area (Å²) < 4.78 is 6.34. The number of aliphatic hydroxyl groups excluding tert-OH is 2. The molecule has 0 spiro atoms. The van der Waals surface area contributed by atoms with E-state index in [0.29, 0.717) is 17.8 Å². The summed E-state index contributed by atoms with van der Waals surface area (Å²) in [6, 6.07) is 0. The van der Waals surface area contributed by atoms with Crippen LogP contribution in [0.15, 0.2) is 0 Å². The Bertz CT molecular complexity index is 438. The Morgan fingerprint density at radius 2 is 1.25 bits per heavy atom. The fraction of sp³-hybridized carbons (Fsp3) is 0.950. The van der Waals surface area contributed by atoms with Crippen LogP contribution in [0.25, 0.3) is 0 Å². The lowest BCUT2D eigenvalue weighted by Gasteiger charge is -2.50. The van der Waals surface area contributed by atoms with Gasteiger partial charge >= 0.3 is 5.97 Å². The first-order chi connectivity index (χ1) is 11.6. The SMILES string of the molecule is O=C1OC(C2CCC(O)CC2)(C2CCC(O)CC2)C2CCCCC12. The van der Waals surface area contributed by atoms with Gasteiger partial charge < -0.3 is 14.9 Å². The van der Waals surface area contributed by atoms with Crippen molar-refractivity contribution in [2.45, 2.75) is 94.9 Å². The minimum atomic E-state index is -0.303. The van der Waals surface area contributed by atoms with Crippen molar-refractivity contribution in [2.75, 3.05) is 0 Å². The summed E-state index contributed by atoms with van der Waals surface area (Å²) in [5.74, 6) is 1.34. The molecule has 0 aromatic heterocycles. The van der Waals surface area contributed by atoms with Crippen molar-refractivity contribution in [1.29, 1.82) is 0 Å². The van der Waals surface area contributed by atoms with Crippen molar-refractivity contribution >= 4 is 5.97 Å². The molecule has 1 heterocycles. The third kappa shape index (κ3) is 2.70. The number of hydrogen-bond donors (Lipinski definition) is 2. The van der Waals surface area contributed by atoms with Gasteiger partial charge in [0.05, 0.1) is 18.1 Å². The zero-order valence-corrected chi connectivity index (χ0v) is 14.7. The van der Waals surface area contributed by atoms with Gasteiger partial charge in [0, 0.05) is 5.92 Å². The van der Waals surface area contributed by atoms with Gasteiger partial charge in [-0.1, -0.05) is 12.8 Å². The molecule has 3 saturated carbocycles. The molecule has 4 aliphatic rings. The maximum Gasteiger partial charge on any atom is 0.309 e. The van der Waals surface area contributed by atoms with E-state index in [4.69, 9.17) is 4.74 Å². The van der Waals surface area contributed by atoms with Gasteiger partial charge in [-0.25, -0.2) is 0 Å². The van der Waals surface area contributed by atoms with Gasteiger partial charge in [-0.2, -0.15) is 0 Å². The average Bonchev–Trinajstić information content (AvgIpc) is 2.91. The van der Waals surface area contributed by atoms with E-state index in [2.05, 4.69) is 0 Å². The van der Waals surface area contributed by atoms with E-state index in [9.17, 15) is 15.0 Å². The van der Waals surface area contributed by atoms with E-state index in [1.165, 1.54) is 6.42 Å². The molecule has 0 aromatic rings. The monoisotopic (exact) mass is 336 g/mol. The molecule has 4 heteroatoms. The lowest BCUT2D eigenvalue weighted by Crippen LogP contribution is -2.53. The number of carbonyl (C=O) groups excluding carboxylic acids is 1. The average molecular weight is 336 g/mol. The highest BCUT2D eigenvalue weighted by Gasteiger charge is 2.62. The number of esters is 1. The minimum absolute atomic E-state index is 0.0527. The van der Waals surface area contributed by atoms with E-state index in [1.54, 1.807) is 0 Å². The van der Waals surface area contributed by atoms with Crippen LogP contribution in [0.4, 0.5) is 0 Å². The molecular formula is C20H32O4. The van der Waals surface area contributed by atoms with Gasteiger partial charge in [0.15, 0.2) is 0 Å². The summed E-state index contributed by atoms with van der Waals surface area (Å²) in [4.78, 5) is 12.7. The second kappa shape index (κ2) is 6.60. The Hall–Kier alpha value is -0.610. The lowest BCUT2D eigenvalue weighted by molar-refractivity contribution is -0.172. The number of cyclic esters (lactones) is 1. The second-order valence-electron chi connectivity index (χ2n) is 8.78. The molecule has 0 amide bonds.